The van der Waals surface area contributed by atoms with Crippen molar-refractivity contribution in [3.05, 3.63) is 243 Å². The van der Waals surface area contributed by atoms with E-state index < -0.39 is 0 Å². The molecule has 0 fully saturated rings. The number of rotatable bonds is 9. The Bertz CT molecular complexity index is 3560. The molecule has 0 spiro atoms. The molecule has 4 nitrogen and oxygen atoms in total. The van der Waals surface area contributed by atoms with Crippen LogP contribution < -0.4 is 9.80 Å². The summed E-state index contributed by atoms with van der Waals surface area (Å²) in [7, 11) is 0. The van der Waals surface area contributed by atoms with Crippen LogP contribution in [0, 0.1) is 5.92 Å². The Kier molecular flexibility index (Phi) is 9.49. The Labute approximate surface area is 379 Å². The first-order valence-corrected chi connectivity index (χ1v) is 22.6. The molecule has 1 atom stereocenters. The first-order valence-electron chi connectivity index (χ1n) is 22.6. The highest BCUT2D eigenvalue weighted by atomic mass is 15.2. The Morgan fingerprint density at radius 1 is 0.369 bits per heavy atom. The number of para-hydroxylation sites is 5. The van der Waals surface area contributed by atoms with E-state index >= 15 is 0 Å². The smallest absolute Gasteiger partial charge is 0.0561 e. The van der Waals surface area contributed by atoms with Gasteiger partial charge in [-0.3, -0.25) is 0 Å². The summed E-state index contributed by atoms with van der Waals surface area (Å²) in [4.78, 5) is 4.72. The van der Waals surface area contributed by atoms with E-state index in [1.807, 2.05) is 0 Å². The summed E-state index contributed by atoms with van der Waals surface area (Å²) in [6, 6.07) is 81.3. The molecule has 1 aliphatic rings. The molecule has 0 saturated heterocycles. The monoisotopic (exact) mass is 834 g/mol. The molecule has 9 aromatic carbocycles. The minimum absolute atomic E-state index is 0.489. The number of allylic oxidation sites excluding steroid dienone is 4. The molecular weight excluding hydrogens is 789 g/mol. The van der Waals surface area contributed by atoms with Gasteiger partial charge in [0.1, 0.15) is 0 Å². The molecule has 4 heteroatoms. The van der Waals surface area contributed by atoms with Crippen LogP contribution in [0.1, 0.15) is 13.3 Å². The lowest BCUT2D eigenvalue weighted by Gasteiger charge is -2.26. The molecule has 0 bridgehead atoms. The molecule has 0 N–H and O–H groups in total. The number of fused-ring (bicyclic) bond motifs is 6. The Morgan fingerprint density at radius 3 is 1.28 bits per heavy atom. The van der Waals surface area contributed by atoms with Crippen molar-refractivity contribution in [1.29, 1.82) is 0 Å². The third-order valence-electron chi connectivity index (χ3n) is 13.0. The zero-order valence-corrected chi connectivity index (χ0v) is 36.2. The molecule has 11 aromatic rings. The van der Waals surface area contributed by atoms with Crippen LogP contribution in [0.4, 0.5) is 34.1 Å². The maximum atomic E-state index is 2.44. The van der Waals surface area contributed by atoms with Gasteiger partial charge in [-0.1, -0.05) is 146 Å². The SMILES string of the molecule is CC1C=C(n2c3ccccc3c3ccc(N(c4ccccc4)c4ccc(-c5ccc(N(c6ccccc6)c6ccc7c8ccccc8n(-c8ccccc8)c7c6)cc5)cc4)cc32)C=CC1. The number of aromatic nitrogens is 2. The highest BCUT2D eigenvalue weighted by Crippen LogP contribution is 2.43. The summed E-state index contributed by atoms with van der Waals surface area (Å²) in [6.07, 6.45) is 8.06. The molecule has 65 heavy (non-hydrogen) atoms. The zero-order valence-electron chi connectivity index (χ0n) is 36.2. The highest BCUT2D eigenvalue weighted by molar-refractivity contribution is 6.12. The largest absolute Gasteiger partial charge is 0.310 e. The van der Waals surface area contributed by atoms with Gasteiger partial charge in [-0.2, -0.15) is 0 Å². The zero-order chi connectivity index (χ0) is 43.3. The van der Waals surface area contributed by atoms with Crippen LogP contribution in [-0.2, 0) is 0 Å². The van der Waals surface area contributed by atoms with Gasteiger partial charge in [0.25, 0.3) is 0 Å². The fraction of sp³-hybridized carbons (Fsp3) is 0.0492. The van der Waals surface area contributed by atoms with Gasteiger partial charge < -0.3 is 18.9 Å². The molecule has 0 saturated carbocycles. The lowest BCUT2D eigenvalue weighted by atomic mass is 10.0. The van der Waals surface area contributed by atoms with Crippen LogP contribution in [0.5, 0.6) is 0 Å². The van der Waals surface area contributed by atoms with Gasteiger partial charge in [-0.15, -0.1) is 0 Å². The summed E-state index contributed by atoms with van der Waals surface area (Å²) >= 11 is 0. The van der Waals surface area contributed by atoms with E-state index in [0.29, 0.717) is 5.92 Å². The Balaban J connectivity index is 0.912. The van der Waals surface area contributed by atoms with Gasteiger partial charge in [-0.25, -0.2) is 0 Å². The van der Waals surface area contributed by atoms with E-state index in [9.17, 15) is 0 Å². The van der Waals surface area contributed by atoms with Crippen molar-refractivity contribution >= 4 is 83.4 Å². The van der Waals surface area contributed by atoms with Gasteiger partial charge in [0, 0.05) is 67.1 Å². The second-order valence-electron chi connectivity index (χ2n) is 17.1. The second-order valence-corrected chi connectivity index (χ2v) is 17.1. The molecule has 1 unspecified atom stereocenters. The molecular formula is C61H46N4. The minimum atomic E-state index is 0.489. The number of anilines is 6. The van der Waals surface area contributed by atoms with Gasteiger partial charge >= 0.3 is 0 Å². The van der Waals surface area contributed by atoms with Gasteiger partial charge in [-0.05, 0) is 127 Å². The fourth-order valence-electron chi connectivity index (χ4n) is 9.95. The van der Waals surface area contributed by atoms with Crippen molar-refractivity contribution in [2.45, 2.75) is 13.3 Å². The first kappa shape index (κ1) is 38.3. The van der Waals surface area contributed by atoms with Crippen LogP contribution in [0.3, 0.4) is 0 Å². The summed E-state index contributed by atoms with van der Waals surface area (Å²) in [5.41, 5.74) is 16.1. The van der Waals surface area contributed by atoms with Gasteiger partial charge in [0.2, 0.25) is 0 Å². The molecule has 1 aliphatic carbocycles. The molecule has 0 aliphatic heterocycles. The average Bonchev–Trinajstić information content (AvgIpc) is 3.88. The standard InChI is InChI=1S/C61H46N4/c1-43-16-15-23-51(40-43)65-59-27-14-12-25-55(59)57-39-37-53(42-61(57)65)63(47-19-7-3-8-20-47)50-34-30-45(31-35-50)44-28-32-49(33-29-44)62(46-17-5-2-6-18-46)52-36-38-56-54-24-11-13-26-58(54)64(60(56)41-52)48-21-9-4-10-22-48/h2-15,17-43H,16H2,1H3. The molecule has 2 heterocycles. The van der Waals surface area contributed by atoms with Crippen LogP contribution in [0.15, 0.2) is 243 Å². The summed E-state index contributed by atoms with van der Waals surface area (Å²) in [6.45, 7) is 2.30. The topological polar surface area (TPSA) is 16.3 Å². The fourth-order valence-corrected chi connectivity index (χ4v) is 9.95. The predicted molar refractivity (Wildman–Crippen MR) is 276 cm³/mol. The van der Waals surface area contributed by atoms with E-state index in [0.717, 1.165) is 57.4 Å². The van der Waals surface area contributed by atoms with E-state index in [4.69, 9.17) is 0 Å². The predicted octanol–water partition coefficient (Wildman–Crippen LogP) is 16.9. The maximum absolute atomic E-state index is 2.44. The molecule has 0 radical (unpaired) electrons. The van der Waals surface area contributed by atoms with Crippen molar-refractivity contribution in [2.24, 2.45) is 5.92 Å². The van der Waals surface area contributed by atoms with Crippen LogP contribution in [-0.4, -0.2) is 9.13 Å². The summed E-state index contributed by atoms with van der Waals surface area (Å²) < 4.78 is 4.83. The molecule has 310 valence electrons. The normalized spacial score (nSPS) is 13.7. The van der Waals surface area contributed by atoms with Crippen molar-refractivity contribution < 1.29 is 0 Å². The Hall–Kier alpha value is -8.34. The molecule has 0 amide bonds. The average molecular weight is 835 g/mol. The Morgan fingerprint density at radius 2 is 0.769 bits per heavy atom. The van der Waals surface area contributed by atoms with Crippen LogP contribution in [0.25, 0.3) is 66.1 Å². The maximum Gasteiger partial charge on any atom is 0.0561 e. The van der Waals surface area contributed by atoms with E-state index in [1.165, 1.54) is 49.3 Å². The second kappa shape index (κ2) is 16.1. The lowest BCUT2D eigenvalue weighted by Crippen LogP contribution is -2.10. The molecule has 2 aromatic heterocycles. The third-order valence-corrected chi connectivity index (χ3v) is 13.0. The lowest BCUT2D eigenvalue weighted by molar-refractivity contribution is 0.735. The number of hydrogen-bond donors (Lipinski definition) is 0. The highest BCUT2D eigenvalue weighted by Gasteiger charge is 2.20. The third kappa shape index (κ3) is 6.79. The van der Waals surface area contributed by atoms with Crippen LogP contribution >= 0.6 is 0 Å². The summed E-state index contributed by atoms with van der Waals surface area (Å²) in [5.74, 6) is 0.489. The van der Waals surface area contributed by atoms with E-state index in [-0.39, 0.29) is 0 Å². The van der Waals surface area contributed by atoms with Crippen molar-refractivity contribution in [2.75, 3.05) is 9.80 Å². The number of nitrogens with zero attached hydrogens (tertiary/aromatic N) is 4. The number of hydrogen-bond acceptors (Lipinski definition) is 2. The van der Waals surface area contributed by atoms with Gasteiger partial charge in [0.15, 0.2) is 0 Å². The number of benzene rings is 9. The van der Waals surface area contributed by atoms with E-state index in [2.05, 4.69) is 269 Å². The van der Waals surface area contributed by atoms with Crippen molar-refractivity contribution in [3.8, 4) is 16.8 Å². The van der Waals surface area contributed by atoms with Crippen molar-refractivity contribution in [3.63, 3.8) is 0 Å². The molecule has 12 rings (SSSR count). The minimum Gasteiger partial charge on any atom is -0.310 e. The quantitative estimate of drug-likeness (QED) is 0.144. The van der Waals surface area contributed by atoms with E-state index in [1.54, 1.807) is 0 Å². The van der Waals surface area contributed by atoms with Crippen LogP contribution in [0.2, 0.25) is 0 Å². The van der Waals surface area contributed by atoms with Gasteiger partial charge in [0.05, 0.1) is 22.1 Å². The first-order chi connectivity index (χ1) is 32.2. The summed E-state index contributed by atoms with van der Waals surface area (Å²) in [5, 5.41) is 5.00. The van der Waals surface area contributed by atoms with Crippen molar-refractivity contribution in [1.82, 2.24) is 9.13 Å².